The first-order valence-corrected chi connectivity index (χ1v) is 0. The van der Waals surface area contributed by atoms with E-state index in [-0.39, 0.29) is 50.9 Å². The summed E-state index contributed by atoms with van der Waals surface area (Å²) in [4.78, 5) is 0. The van der Waals surface area contributed by atoms with E-state index < -0.39 is 0 Å². The topological polar surface area (TPSA) is 0 Å². The van der Waals surface area contributed by atoms with Crippen molar-refractivity contribution >= 4 is 0 Å². The molecule has 0 aliphatic heterocycles. The standard InChI is InChI=1S/3BrH.Cm/h3*1H;/p-3. The minimum absolute atomic E-state index is 0. The molecule has 0 aliphatic carbocycles. The Balaban J connectivity index is 0. The van der Waals surface area contributed by atoms with E-state index in [1.807, 2.05) is 0 Å². The van der Waals surface area contributed by atoms with Gasteiger partial charge in [-0.05, 0) is 0 Å². The molecule has 0 N–H and O–H groups in total. The molecular weight excluding hydrogens is 487 g/mol. The second kappa shape index (κ2) is 106. The molecule has 0 atom stereocenters. The zero-order chi connectivity index (χ0) is 0. The maximum atomic E-state index is 0. The maximum Gasteiger partial charge on any atom is 0 e. The molecule has 0 spiro atoms. The Morgan fingerprint density at radius 2 is 0.500 bits per heavy atom. The van der Waals surface area contributed by atoms with Gasteiger partial charge in [-0.3, -0.25) is 0 Å². The summed E-state index contributed by atoms with van der Waals surface area (Å²) in [6, 6.07) is 0. The molecule has 0 aromatic heterocycles. The maximum absolute atomic E-state index is 0. The third kappa shape index (κ3) is 26.1. The smallest absolute Gasteiger partial charge is 0 e. The van der Waals surface area contributed by atoms with Crippen molar-refractivity contribution in [1.82, 2.24) is 0 Å². The molecular formula is Br3Cm-3. The Kier molecular flexibility index (Phi) is 7180. The Labute approximate surface area is 50.9 Å². The zero-order valence-electron chi connectivity index (χ0n) is 1.49. The van der Waals surface area contributed by atoms with Gasteiger partial charge in [0.15, 0.2) is 0 Å². The van der Waals surface area contributed by atoms with Crippen LogP contribution in [0.25, 0.3) is 0 Å². The van der Waals surface area contributed by atoms with Gasteiger partial charge >= 0.3 is 0 Å². The van der Waals surface area contributed by atoms with Crippen LogP contribution in [0.5, 0.6) is 0 Å². The van der Waals surface area contributed by atoms with Crippen LogP contribution in [-0.2, 0) is 0 Å². The number of hydrogen-bond acceptors (Lipinski definition) is 0. The Morgan fingerprint density at radius 3 is 0.500 bits per heavy atom. The van der Waals surface area contributed by atoms with Crippen LogP contribution in [0.4, 0.5) is 0 Å². The minimum Gasteiger partial charge on any atom is -1.00 e. The van der Waals surface area contributed by atoms with Crippen LogP contribution in [0.1, 0.15) is 0 Å². The fraction of sp³-hybridized carbons (Fsp3) is 0. The van der Waals surface area contributed by atoms with Crippen molar-refractivity contribution in [3.63, 3.8) is 0 Å². The van der Waals surface area contributed by atoms with E-state index in [1.165, 1.54) is 0 Å². The first kappa shape index (κ1) is 271. The predicted molar refractivity (Wildman–Crippen MR) is 0 cm³/mol. The molecule has 0 saturated carbocycles. The van der Waals surface area contributed by atoms with Gasteiger partial charge in [-0.25, -0.2) is 0 Å². The molecule has 0 rings (SSSR count). The van der Waals surface area contributed by atoms with Crippen LogP contribution in [0.3, 0.4) is 0 Å². The third-order valence-corrected chi connectivity index (χ3v) is 0. The first-order valence-electron chi connectivity index (χ1n) is 0. The van der Waals surface area contributed by atoms with Crippen LogP contribution >= 0.6 is 0 Å². The van der Waals surface area contributed by atoms with Gasteiger partial charge in [0.2, 0.25) is 0 Å². The van der Waals surface area contributed by atoms with Crippen molar-refractivity contribution in [2.75, 3.05) is 0 Å². The fourth-order valence-corrected chi connectivity index (χ4v) is 0. The molecule has 0 unspecified atom stereocenters. The summed E-state index contributed by atoms with van der Waals surface area (Å²) >= 11 is 0. The van der Waals surface area contributed by atoms with Gasteiger partial charge in [-0.2, -0.15) is 0 Å². The molecule has 0 aromatic carbocycles. The van der Waals surface area contributed by atoms with Gasteiger partial charge in [0.25, 0.3) is 0 Å². The second-order valence-corrected chi connectivity index (χ2v) is 0. The monoisotopic (exact) mass is 480 g/mol. The Hall–Kier alpha value is 0.440. The van der Waals surface area contributed by atoms with E-state index in [4.69, 9.17) is 0 Å². The average Bonchev–Trinajstić information content (AvgIpc) is 0. The van der Waals surface area contributed by atoms with Crippen LogP contribution in [0, 0.1) is 0 Å². The van der Waals surface area contributed by atoms with E-state index >= 15 is 0 Å². The van der Waals surface area contributed by atoms with Gasteiger partial charge in [-0.15, -0.1) is 0 Å². The fourth-order valence-electron chi connectivity index (χ4n) is 0. The average molecular weight is 487 g/mol. The summed E-state index contributed by atoms with van der Waals surface area (Å²) in [7, 11) is 0. The molecule has 0 heterocycles. The van der Waals surface area contributed by atoms with Crippen LogP contribution in [0.2, 0.25) is 0 Å². The molecule has 4 heavy (non-hydrogen) atoms. The Morgan fingerprint density at radius 1 is 0.500 bits per heavy atom. The minimum atomic E-state index is 0. The summed E-state index contributed by atoms with van der Waals surface area (Å²) in [6.07, 6.45) is 0. The van der Waals surface area contributed by atoms with E-state index in [0.29, 0.717) is 0 Å². The number of halogens is 3. The van der Waals surface area contributed by atoms with Crippen LogP contribution < -0.4 is 50.9 Å². The van der Waals surface area contributed by atoms with Crippen molar-refractivity contribution in [1.29, 1.82) is 0 Å². The molecule has 0 bridgehead atoms. The molecule has 32 valence electrons. The van der Waals surface area contributed by atoms with Crippen molar-refractivity contribution in [3.05, 3.63) is 0 Å². The van der Waals surface area contributed by atoms with Gasteiger partial charge < -0.3 is 50.9 Å². The summed E-state index contributed by atoms with van der Waals surface area (Å²) in [5.41, 5.74) is 0. The van der Waals surface area contributed by atoms with Gasteiger partial charge in [0.05, 0.1) is 0 Å². The van der Waals surface area contributed by atoms with Crippen molar-refractivity contribution in [2.45, 2.75) is 0 Å². The summed E-state index contributed by atoms with van der Waals surface area (Å²) < 4.78 is 0. The third-order valence-electron chi connectivity index (χ3n) is 0. The second-order valence-electron chi connectivity index (χ2n) is 0. The molecule has 0 nitrogen and oxygen atoms in total. The van der Waals surface area contributed by atoms with Crippen LogP contribution in [-0.4, -0.2) is 0 Å². The van der Waals surface area contributed by atoms with E-state index in [2.05, 4.69) is 0 Å². The van der Waals surface area contributed by atoms with Crippen molar-refractivity contribution < 1.29 is 50.9 Å². The van der Waals surface area contributed by atoms with Crippen molar-refractivity contribution in [3.8, 4) is 0 Å². The largest absolute Gasteiger partial charge is 1.00 e. The summed E-state index contributed by atoms with van der Waals surface area (Å²) in [5.74, 6) is 0. The van der Waals surface area contributed by atoms with Crippen LogP contribution in [0.15, 0.2) is 0 Å². The normalized spacial score (nSPS) is 0. The Bertz CT molecular complexity index is 3.25. The number of rotatable bonds is 0. The van der Waals surface area contributed by atoms with Gasteiger partial charge in [0.1, 0.15) is 0 Å². The predicted octanol–water partition coefficient (Wildman–Crippen LogP) is -8.99. The first-order chi connectivity index (χ1) is 0. The van der Waals surface area contributed by atoms with E-state index in [0.717, 1.165) is 0 Å². The zero-order valence-corrected chi connectivity index (χ0v) is 9.19. The SMILES string of the molecule is [Br-].[Br-].[Br-].[Cm]. The molecule has 0 amide bonds. The van der Waals surface area contributed by atoms with Gasteiger partial charge in [0, 0.05) is 0 Å². The number of hydrogen-bond donors (Lipinski definition) is 0. The molecule has 0 radical (unpaired) electrons. The van der Waals surface area contributed by atoms with E-state index in [1.54, 1.807) is 0 Å². The quantitative estimate of drug-likeness (QED) is 0.319. The molecule has 4 heteroatoms. The molecule has 0 aromatic rings. The molecule has 0 fully saturated rings. The molecule has 0 saturated heterocycles. The summed E-state index contributed by atoms with van der Waals surface area (Å²) in [5, 5.41) is 0. The summed E-state index contributed by atoms with van der Waals surface area (Å²) in [6.45, 7) is 0. The van der Waals surface area contributed by atoms with Crippen molar-refractivity contribution in [2.24, 2.45) is 0 Å². The van der Waals surface area contributed by atoms with Gasteiger partial charge in [-0.1, -0.05) is 0 Å². The van der Waals surface area contributed by atoms with E-state index in [9.17, 15) is 0 Å². The molecule has 0 aliphatic rings.